The highest BCUT2D eigenvalue weighted by Gasteiger charge is 2.15. The molecular formula is C29H51NO3. The third-order valence-corrected chi connectivity index (χ3v) is 6.43. The zero-order valence-electron chi connectivity index (χ0n) is 21.6. The molecule has 1 atom stereocenters. The van der Waals surface area contributed by atoms with Gasteiger partial charge in [0.15, 0.2) is 0 Å². The molecule has 0 saturated heterocycles. The number of hydrogen-bond acceptors (Lipinski definition) is 3. The Morgan fingerprint density at radius 3 is 1.79 bits per heavy atom. The van der Waals surface area contributed by atoms with E-state index in [-0.39, 0.29) is 18.6 Å². The first-order valence-corrected chi connectivity index (χ1v) is 13.7. The van der Waals surface area contributed by atoms with Crippen molar-refractivity contribution in [2.75, 3.05) is 20.2 Å². The van der Waals surface area contributed by atoms with Gasteiger partial charge in [-0.25, -0.2) is 0 Å². The second-order valence-corrected chi connectivity index (χ2v) is 9.58. The molecule has 33 heavy (non-hydrogen) atoms. The molecule has 0 saturated carbocycles. The summed E-state index contributed by atoms with van der Waals surface area (Å²) < 4.78 is 5.79. The maximum absolute atomic E-state index is 12.4. The van der Waals surface area contributed by atoms with Gasteiger partial charge in [-0.3, -0.25) is 4.79 Å². The van der Waals surface area contributed by atoms with Crippen LogP contribution >= 0.6 is 0 Å². The summed E-state index contributed by atoms with van der Waals surface area (Å²) >= 11 is 0. The predicted molar refractivity (Wildman–Crippen MR) is 139 cm³/mol. The maximum atomic E-state index is 12.4. The Bertz CT molecular complexity index is 563. The number of likely N-dealkylation sites (N-methyl/N-ethyl adjacent to an activating group) is 1. The number of rotatable bonds is 22. The summed E-state index contributed by atoms with van der Waals surface area (Å²) in [5.41, 5.74) is 1.07. The van der Waals surface area contributed by atoms with Crippen molar-refractivity contribution < 1.29 is 14.6 Å². The van der Waals surface area contributed by atoms with Gasteiger partial charge in [-0.1, -0.05) is 127 Å². The summed E-state index contributed by atoms with van der Waals surface area (Å²) in [7, 11) is 1.81. The van der Waals surface area contributed by atoms with Crippen LogP contribution in [0, 0.1) is 0 Å². The Labute approximate surface area is 204 Å². The number of amides is 1. The quantitative estimate of drug-likeness (QED) is 0.185. The van der Waals surface area contributed by atoms with Crippen LogP contribution in [-0.4, -0.2) is 42.2 Å². The van der Waals surface area contributed by atoms with Crippen LogP contribution < -0.4 is 0 Å². The van der Waals surface area contributed by atoms with E-state index in [0.29, 0.717) is 19.6 Å². The minimum atomic E-state index is -0.347. The van der Waals surface area contributed by atoms with E-state index >= 15 is 0 Å². The van der Waals surface area contributed by atoms with Crippen LogP contribution in [0.1, 0.15) is 115 Å². The molecule has 1 N–H and O–H groups in total. The summed E-state index contributed by atoms with van der Waals surface area (Å²) in [4.78, 5) is 14.1. The molecule has 0 aliphatic heterocycles. The molecule has 0 bridgehead atoms. The topological polar surface area (TPSA) is 49.8 Å². The summed E-state index contributed by atoms with van der Waals surface area (Å²) in [6, 6.07) is 9.91. The van der Waals surface area contributed by atoms with Gasteiger partial charge < -0.3 is 14.7 Å². The van der Waals surface area contributed by atoms with Gasteiger partial charge in [-0.15, -0.1) is 0 Å². The number of aliphatic hydroxyl groups is 1. The minimum absolute atomic E-state index is 0.0799. The zero-order chi connectivity index (χ0) is 24.0. The van der Waals surface area contributed by atoms with Gasteiger partial charge in [0.2, 0.25) is 5.91 Å². The number of ether oxygens (including phenoxy) is 1. The fourth-order valence-corrected chi connectivity index (χ4v) is 4.20. The fraction of sp³-hybridized carbons (Fsp3) is 0.759. The molecular weight excluding hydrogens is 410 g/mol. The first-order valence-electron chi connectivity index (χ1n) is 13.7. The van der Waals surface area contributed by atoms with E-state index in [1.165, 1.54) is 83.5 Å². The Morgan fingerprint density at radius 1 is 0.818 bits per heavy atom. The molecule has 0 aromatic heterocycles. The number of hydrogen-bond donors (Lipinski definition) is 1. The van der Waals surface area contributed by atoms with Gasteiger partial charge in [-0.2, -0.15) is 0 Å². The van der Waals surface area contributed by atoms with Crippen LogP contribution in [0.15, 0.2) is 30.3 Å². The number of benzene rings is 1. The highest BCUT2D eigenvalue weighted by atomic mass is 16.5. The highest BCUT2D eigenvalue weighted by Crippen LogP contribution is 2.14. The van der Waals surface area contributed by atoms with Crippen molar-refractivity contribution in [1.29, 1.82) is 0 Å². The molecule has 0 spiro atoms. The smallest absolute Gasteiger partial charge is 0.222 e. The maximum Gasteiger partial charge on any atom is 0.222 e. The third-order valence-electron chi connectivity index (χ3n) is 6.43. The van der Waals surface area contributed by atoms with Gasteiger partial charge in [0.1, 0.15) is 0 Å². The standard InChI is InChI=1S/C29H51NO3/c1-3-4-5-6-7-8-9-10-11-12-13-14-15-16-20-23-29(32)30(2)24-28(25-31)33-26-27-21-18-17-19-22-27/h17-19,21-22,28,31H,3-16,20,23-26H2,1-2H3/t28-/m1/s1. The van der Waals surface area contributed by atoms with Crippen LogP contribution in [0.25, 0.3) is 0 Å². The molecule has 0 fully saturated rings. The Morgan fingerprint density at radius 2 is 1.30 bits per heavy atom. The normalized spacial score (nSPS) is 12.1. The van der Waals surface area contributed by atoms with E-state index in [0.717, 1.165) is 18.4 Å². The van der Waals surface area contributed by atoms with Gasteiger partial charge in [0.05, 0.1) is 19.3 Å². The molecule has 4 nitrogen and oxygen atoms in total. The highest BCUT2D eigenvalue weighted by molar-refractivity contribution is 5.75. The van der Waals surface area contributed by atoms with Crippen LogP contribution in [0.3, 0.4) is 0 Å². The van der Waals surface area contributed by atoms with Crippen molar-refractivity contribution in [3.05, 3.63) is 35.9 Å². The molecule has 0 aliphatic carbocycles. The third kappa shape index (κ3) is 16.8. The van der Waals surface area contributed by atoms with Crippen molar-refractivity contribution in [1.82, 2.24) is 4.90 Å². The lowest BCUT2D eigenvalue weighted by molar-refractivity contribution is -0.132. The second-order valence-electron chi connectivity index (χ2n) is 9.58. The number of unbranched alkanes of at least 4 members (excludes halogenated alkanes) is 14. The van der Waals surface area contributed by atoms with Crippen molar-refractivity contribution in [2.45, 2.75) is 122 Å². The molecule has 0 aliphatic rings. The SMILES string of the molecule is CCCCCCCCCCCCCCCCCC(=O)N(C)C[C@H](CO)OCc1ccccc1. The Kier molecular flexibility index (Phi) is 19.0. The average molecular weight is 462 g/mol. The number of aliphatic hydroxyl groups excluding tert-OH is 1. The molecule has 0 unspecified atom stereocenters. The van der Waals surface area contributed by atoms with Gasteiger partial charge in [0.25, 0.3) is 0 Å². The molecule has 1 amide bonds. The number of carbonyl (C=O) groups excluding carboxylic acids is 1. The lowest BCUT2D eigenvalue weighted by Gasteiger charge is -2.23. The van der Waals surface area contributed by atoms with E-state index in [9.17, 15) is 9.90 Å². The van der Waals surface area contributed by atoms with Gasteiger partial charge >= 0.3 is 0 Å². The lowest BCUT2D eigenvalue weighted by Crippen LogP contribution is -2.37. The summed E-state index contributed by atoms with van der Waals surface area (Å²) in [6.07, 6.45) is 20.2. The van der Waals surface area contributed by atoms with Crippen LogP contribution in [0.5, 0.6) is 0 Å². The van der Waals surface area contributed by atoms with Gasteiger partial charge in [-0.05, 0) is 12.0 Å². The largest absolute Gasteiger partial charge is 0.394 e. The van der Waals surface area contributed by atoms with Gasteiger partial charge in [0, 0.05) is 20.0 Å². The summed E-state index contributed by atoms with van der Waals surface area (Å²) in [5.74, 6) is 0.145. The van der Waals surface area contributed by atoms with Crippen molar-refractivity contribution in [3.63, 3.8) is 0 Å². The van der Waals surface area contributed by atoms with E-state index in [4.69, 9.17) is 4.74 Å². The molecule has 1 aromatic carbocycles. The molecule has 1 rings (SSSR count). The van der Waals surface area contributed by atoms with E-state index in [2.05, 4.69) is 6.92 Å². The molecule has 190 valence electrons. The van der Waals surface area contributed by atoms with Crippen molar-refractivity contribution >= 4 is 5.91 Å². The molecule has 0 radical (unpaired) electrons. The first-order chi connectivity index (χ1) is 16.2. The van der Waals surface area contributed by atoms with E-state index in [1.54, 1.807) is 4.90 Å². The van der Waals surface area contributed by atoms with Crippen LogP contribution in [0.2, 0.25) is 0 Å². The van der Waals surface area contributed by atoms with E-state index in [1.807, 2.05) is 37.4 Å². The van der Waals surface area contributed by atoms with Crippen molar-refractivity contribution in [3.8, 4) is 0 Å². The summed E-state index contributed by atoms with van der Waals surface area (Å²) in [6.45, 7) is 3.08. The monoisotopic (exact) mass is 461 g/mol. The number of carbonyl (C=O) groups is 1. The van der Waals surface area contributed by atoms with Crippen LogP contribution in [0.4, 0.5) is 0 Å². The average Bonchev–Trinajstić information content (AvgIpc) is 2.84. The zero-order valence-corrected chi connectivity index (χ0v) is 21.6. The predicted octanol–water partition coefficient (Wildman–Crippen LogP) is 7.28. The molecule has 4 heteroatoms. The fourth-order valence-electron chi connectivity index (χ4n) is 4.20. The molecule has 0 heterocycles. The van der Waals surface area contributed by atoms with E-state index < -0.39 is 0 Å². The second kappa shape index (κ2) is 21.2. The first kappa shape index (κ1) is 29.6. The Hall–Kier alpha value is -1.39. The molecule has 1 aromatic rings. The lowest BCUT2D eigenvalue weighted by atomic mass is 10.0. The van der Waals surface area contributed by atoms with Crippen LogP contribution in [-0.2, 0) is 16.1 Å². The minimum Gasteiger partial charge on any atom is -0.394 e. The Balaban J connectivity index is 1.94. The van der Waals surface area contributed by atoms with Crippen molar-refractivity contribution in [2.24, 2.45) is 0 Å². The number of nitrogens with zero attached hydrogens (tertiary/aromatic N) is 1. The summed E-state index contributed by atoms with van der Waals surface area (Å²) in [5, 5.41) is 9.59.